The molecule has 1 unspecified atom stereocenters. The van der Waals surface area contributed by atoms with Gasteiger partial charge in [-0.15, -0.1) is 0 Å². The Bertz CT molecular complexity index is 955. The minimum atomic E-state index is -0.602. The Balaban J connectivity index is 1.93. The third-order valence-corrected chi connectivity index (χ3v) is 4.92. The van der Waals surface area contributed by atoms with Crippen LogP contribution in [0.3, 0.4) is 0 Å². The fraction of sp³-hybridized carbons (Fsp3) is 0.304. The van der Waals surface area contributed by atoms with Crippen LogP contribution < -0.4 is 14.8 Å². The standard InChI is InChI=1S/C23H26N2O5/c1-5-29-22(26)20-15(2)24-23(27)25(3)21(20)17-11-12-18(19(13-17)28-4)30-14-16-9-7-6-8-10-16/h6-13,21H,5,14H2,1-4H3,(H,24,27). The molecule has 158 valence electrons. The molecular formula is C23H26N2O5. The Hall–Kier alpha value is -3.48. The summed E-state index contributed by atoms with van der Waals surface area (Å²) in [6.07, 6.45) is 0. The van der Waals surface area contributed by atoms with Crippen LogP contribution in [0.15, 0.2) is 59.8 Å². The molecule has 0 aliphatic carbocycles. The molecule has 30 heavy (non-hydrogen) atoms. The largest absolute Gasteiger partial charge is 0.493 e. The Kier molecular flexibility index (Phi) is 6.61. The molecule has 1 atom stereocenters. The highest BCUT2D eigenvalue weighted by atomic mass is 16.5. The van der Waals surface area contributed by atoms with Crippen LogP contribution in [0.2, 0.25) is 0 Å². The van der Waals surface area contributed by atoms with Crippen LogP contribution in [0.1, 0.15) is 31.0 Å². The molecule has 0 fully saturated rings. The van der Waals surface area contributed by atoms with Crippen molar-refractivity contribution in [2.24, 2.45) is 0 Å². The summed E-state index contributed by atoms with van der Waals surface area (Å²) in [6, 6.07) is 14.3. The Morgan fingerprint density at radius 3 is 2.53 bits per heavy atom. The zero-order valence-corrected chi connectivity index (χ0v) is 17.6. The molecule has 0 radical (unpaired) electrons. The number of urea groups is 1. The van der Waals surface area contributed by atoms with Crippen molar-refractivity contribution in [2.45, 2.75) is 26.5 Å². The fourth-order valence-electron chi connectivity index (χ4n) is 3.40. The number of nitrogens with zero attached hydrogens (tertiary/aromatic N) is 1. The van der Waals surface area contributed by atoms with Gasteiger partial charge in [-0.2, -0.15) is 0 Å². The molecule has 3 rings (SSSR count). The maximum atomic E-state index is 12.6. The van der Waals surface area contributed by atoms with Crippen molar-refractivity contribution in [1.82, 2.24) is 10.2 Å². The van der Waals surface area contributed by atoms with Crippen LogP contribution in [-0.2, 0) is 16.1 Å². The van der Waals surface area contributed by atoms with Crippen molar-refractivity contribution in [3.63, 3.8) is 0 Å². The first-order valence-electron chi connectivity index (χ1n) is 9.72. The molecule has 7 heteroatoms. The van der Waals surface area contributed by atoms with E-state index in [4.69, 9.17) is 14.2 Å². The molecule has 7 nitrogen and oxygen atoms in total. The molecule has 1 aliphatic heterocycles. The molecule has 2 amide bonds. The summed E-state index contributed by atoms with van der Waals surface area (Å²) in [5.41, 5.74) is 2.62. The average molecular weight is 410 g/mol. The van der Waals surface area contributed by atoms with Gasteiger partial charge in [0.1, 0.15) is 6.61 Å². The molecule has 1 aliphatic rings. The van der Waals surface area contributed by atoms with E-state index in [-0.39, 0.29) is 12.6 Å². The van der Waals surface area contributed by atoms with E-state index in [0.29, 0.717) is 29.4 Å². The van der Waals surface area contributed by atoms with Crippen molar-refractivity contribution in [2.75, 3.05) is 20.8 Å². The highest BCUT2D eigenvalue weighted by Gasteiger charge is 2.36. The Morgan fingerprint density at radius 1 is 1.13 bits per heavy atom. The van der Waals surface area contributed by atoms with Gasteiger partial charge in [-0.3, -0.25) is 0 Å². The third kappa shape index (κ3) is 4.40. The minimum absolute atomic E-state index is 0.246. The van der Waals surface area contributed by atoms with E-state index >= 15 is 0 Å². The second-order valence-electron chi connectivity index (χ2n) is 6.89. The molecular weight excluding hydrogens is 384 g/mol. The maximum Gasteiger partial charge on any atom is 0.338 e. The number of nitrogens with one attached hydrogen (secondary N) is 1. The lowest BCUT2D eigenvalue weighted by Crippen LogP contribution is -2.46. The van der Waals surface area contributed by atoms with Gasteiger partial charge in [-0.05, 0) is 37.1 Å². The number of likely N-dealkylation sites (N-methyl/N-ethyl adjacent to an activating group) is 1. The van der Waals surface area contributed by atoms with Gasteiger partial charge in [-0.1, -0.05) is 36.4 Å². The first-order chi connectivity index (χ1) is 14.5. The topological polar surface area (TPSA) is 77.1 Å². The molecule has 0 saturated carbocycles. The molecule has 0 bridgehead atoms. The van der Waals surface area contributed by atoms with Crippen molar-refractivity contribution in [3.8, 4) is 11.5 Å². The number of methoxy groups -OCH3 is 1. The van der Waals surface area contributed by atoms with Crippen molar-refractivity contribution >= 4 is 12.0 Å². The highest BCUT2D eigenvalue weighted by Crippen LogP contribution is 2.38. The second kappa shape index (κ2) is 9.35. The van der Waals surface area contributed by atoms with Gasteiger partial charge in [0.2, 0.25) is 0 Å². The normalized spacial score (nSPS) is 16.2. The third-order valence-electron chi connectivity index (χ3n) is 4.92. The SMILES string of the molecule is CCOC(=O)C1=C(C)NC(=O)N(C)C1c1ccc(OCc2ccccc2)c(OC)c1. The summed E-state index contributed by atoms with van der Waals surface area (Å²) in [5, 5.41) is 2.71. The van der Waals surface area contributed by atoms with Crippen LogP contribution in [-0.4, -0.2) is 37.7 Å². The first kappa shape index (κ1) is 21.2. The second-order valence-corrected chi connectivity index (χ2v) is 6.89. The predicted molar refractivity (Wildman–Crippen MR) is 112 cm³/mol. The van der Waals surface area contributed by atoms with Crippen LogP contribution in [0.25, 0.3) is 0 Å². The summed E-state index contributed by atoms with van der Waals surface area (Å²) < 4.78 is 16.7. The number of benzene rings is 2. The zero-order chi connectivity index (χ0) is 21.7. The van der Waals surface area contributed by atoms with Gasteiger partial charge < -0.3 is 24.4 Å². The van der Waals surface area contributed by atoms with Crippen molar-refractivity contribution in [1.29, 1.82) is 0 Å². The molecule has 1 N–H and O–H groups in total. The molecule has 2 aromatic rings. The minimum Gasteiger partial charge on any atom is -0.493 e. The summed E-state index contributed by atoms with van der Waals surface area (Å²) >= 11 is 0. The number of allylic oxidation sites excluding steroid dienone is 1. The van der Waals surface area contributed by atoms with E-state index in [2.05, 4.69) is 5.32 Å². The monoisotopic (exact) mass is 410 g/mol. The quantitative estimate of drug-likeness (QED) is 0.703. The number of carbonyl (C=O) groups is 2. The van der Waals surface area contributed by atoms with Crippen LogP contribution in [0, 0.1) is 0 Å². The first-order valence-corrected chi connectivity index (χ1v) is 9.72. The smallest absolute Gasteiger partial charge is 0.338 e. The molecule has 0 spiro atoms. The zero-order valence-electron chi connectivity index (χ0n) is 17.6. The van der Waals surface area contributed by atoms with E-state index in [9.17, 15) is 9.59 Å². The maximum absolute atomic E-state index is 12.6. The highest BCUT2D eigenvalue weighted by molar-refractivity contribution is 5.95. The van der Waals surface area contributed by atoms with Crippen molar-refractivity contribution < 1.29 is 23.8 Å². The van der Waals surface area contributed by atoms with E-state index in [1.807, 2.05) is 36.4 Å². The van der Waals surface area contributed by atoms with Gasteiger partial charge in [-0.25, -0.2) is 9.59 Å². The fourth-order valence-corrected chi connectivity index (χ4v) is 3.40. The predicted octanol–water partition coefficient (Wildman–Crippen LogP) is 3.81. The molecule has 0 saturated heterocycles. The number of carbonyl (C=O) groups excluding carboxylic acids is 2. The number of rotatable bonds is 7. The van der Waals surface area contributed by atoms with Crippen molar-refractivity contribution in [3.05, 3.63) is 70.9 Å². The summed E-state index contributed by atoms with van der Waals surface area (Å²) in [6.45, 7) is 4.08. The van der Waals surface area contributed by atoms with Gasteiger partial charge >= 0.3 is 12.0 Å². The lowest BCUT2D eigenvalue weighted by molar-refractivity contribution is -0.139. The number of amides is 2. The number of hydrogen-bond donors (Lipinski definition) is 1. The number of hydrogen-bond acceptors (Lipinski definition) is 5. The van der Waals surface area contributed by atoms with E-state index in [1.54, 1.807) is 40.1 Å². The van der Waals surface area contributed by atoms with Crippen LogP contribution in [0.5, 0.6) is 11.5 Å². The van der Waals surface area contributed by atoms with Crippen LogP contribution in [0.4, 0.5) is 4.79 Å². The summed E-state index contributed by atoms with van der Waals surface area (Å²) in [4.78, 5) is 26.4. The Labute approximate surface area is 176 Å². The molecule has 1 heterocycles. The van der Waals surface area contributed by atoms with Gasteiger partial charge in [0.15, 0.2) is 11.5 Å². The van der Waals surface area contributed by atoms with E-state index in [1.165, 1.54) is 4.90 Å². The van der Waals surface area contributed by atoms with E-state index in [0.717, 1.165) is 11.1 Å². The summed E-state index contributed by atoms with van der Waals surface area (Å²) in [7, 11) is 3.19. The van der Waals surface area contributed by atoms with Crippen LogP contribution >= 0.6 is 0 Å². The average Bonchev–Trinajstić information content (AvgIpc) is 2.75. The van der Waals surface area contributed by atoms with Gasteiger partial charge in [0.05, 0.1) is 25.3 Å². The lowest BCUT2D eigenvalue weighted by atomic mass is 9.94. The summed E-state index contributed by atoms with van der Waals surface area (Å²) in [5.74, 6) is 0.630. The Morgan fingerprint density at radius 2 is 1.87 bits per heavy atom. The number of esters is 1. The lowest BCUT2D eigenvalue weighted by Gasteiger charge is -2.35. The molecule has 2 aromatic carbocycles. The van der Waals surface area contributed by atoms with E-state index < -0.39 is 12.0 Å². The number of ether oxygens (including phenoxy) is 3. The van der Waals surface area contributed by atoms with Gasteiger partial charge in [0, 0.05) is 12.7 Å². The molecule has 0 aromatic heterocycles. The van der Waals surface area contributed by atoms with Gasteiger partial charge in [0.25, 0.3) is 0 Å².